The Balaban J connectivity index is 2.44. The number of ether oxygens (including phenoxy) is 1. The maximum atomic E-state index is 10.7. The van der Waals surface area contributed by atoms with E-state index in [0.717, 1.165) is 18.6 Å². The summed E-state index contributed by atoms with van der Waals surface area (Å²) in [4.78, 5) is 10.7. The first-order chi connectivity index (χ1) is 7.20. The van der Waals surface area contributed by atoms with Gasteiger partial charge in [-0.3, -0.25) is 0 Å². The molecule has 0 aliphatic heterocycles. The molecule has 0 aromatic carbocycles. The van der Waals surface area contributed by atoms with Crippen LogP contribution in [0.15, 0.2) is 0 Å². The van der Waals surface area contributed by atoms with Crippen LogP contribution in [0.5, 0.6) is 0 Å². The lowest BCUT2D eigenvalue weighted by Crippen LogP contribution is -2.32. The van der Waals surface area contributed by atoms with Crippen molar-refractivity contribution >= 4 is 6.29 Å². The fourth-order valence-electron chi connectivity index (χ4n) is 2.73. The van der Waals surface area contributed by atoms with Crippen molar-refractivity contribution in [1.82, 2.24) is 0 Å². The van der Waals surface area contributed by atoms with Crippen molar-refractivity contribution in [2.75, 3.05) is 6.61 Å². The molecule has 0 saturated heterocycles. The molecule has 0 aromatic rings. The lowest BCUT2D eigenvalue weighted by atomic mass is 9.80. The Labute approximate surface area is 93.4 Å². The highest BCUT2D eigenvalue weighted by Gasteiger charge is 2.29. The van der Waals surface area contributed by atoms with E-state index in [4.69, 9.17) is 4.74 Å². The molecule has 1 atom stereocenters. The zero-order chi connectivity index (χ0) is 11.1. The lowest BCUT2D eigenvalue weighted by molar-refractivity contribution is -0.116. The Kier molecular flexibility index (Phi) is 5.30. The van der Waals surface area contributed by atoms with Crippen LogP contribution in [-0.4, -0.2) is 18.5 Å². The van der Waals surface area contributed by atoms with Gasteiger partial charge >= 0.3 is 0 Å². The first kappa shape index (κ1) is 12.7. The van der Waals surface area contributed by atoms with E-state index in [1.54, 1.807) is 0 Å². The molecule has 0 spiro atoms. The normalized spacial score (nSPS) is 22.3. The summed E-state index contributed by atoms with van der Waals surface area (Å²) in [7, 11) is 0. The largest absolute Gasteiger partial charge is 0.375 e. The van der Waals surface area contributed by atoms with E-state index < -0.39 is 0 Å². The van der Waals surface area contributed by atoms with E-state index in [9.17, 15) is 4.79 Å². The molecule has 1 unspecified atom stereocenters. The summed E-state index contributed by atoms with van der Waals surface area (Å²) in [6.07, 6.45) is 9.33. The van der Waals surface area contributed by atoms with Crippen LogP contribution in [-0.2, 0) is 9.53 Å². The Morgan fingerprint density at radius 3 is 2.53 bits per heavy atom. The van der Waals surface area contributed by atoms with E-state index in [1.807, 2.05) is 6.92 Å². The number of aldehydes is 1. The number of rotatable bonds is 6. The summed E-state index contributed by atoms with van der Waals surface area (Å²) in [6, 6.07) is 0. The Hall–Kier alpha value is -0.370. The van der Waals surface area contributed by atoms with Gasteiger partial charge in [0.25, 0.3) is 0 Å². The van der Waals surface area contributed by atoms with Gasteiger partial charge in [0.1, 0.15) is 6.29 Å². The molecule has 15 heavy (non-hydrogen) atoms. The Bertz CT molecular complexity index is 185. The second-order valence-electron chi connectivity index (χ2n) is 4.96. The molecule has 0 N–H and O–H groups in total. The highest BCUT2D eigenvalue weighted by Crippen LogP contribution is 2.33. The van der Waals surface area contributed by atoms with Gasteiger partial charge in [-0.15, -0.1) is 0 Å². The average molecular weight is 212 g/mol. The molecule has 0 radical (unpaired) electrons. The molecule has 1 aliphatic rings. The summed E-state index contributed by atoms with van der Waals surface area (Å²) in [5.74, 6) is 0.773. The number of hydrogen-bond acceptors (Lipinski definition) is 2. The van der Waals surface area contributed by atoms with Crippen LogP contribution in [0, 0.1) is 5.92 Å². The smallest absolute Gasteiger partial charge is 0.122 e. The van der Waals surface area contributed by atoms with Gasteiger partial charge in [-0.25, -0.2) is 0 Å². The highest BCUT2D eigenvalue weighted by atomic mass is 16.5. The van der Waals surface area contributed by atoms with Gasteiger partial charge in [0.05, 0.1) is 5.60 Å². The van der Waals surface area contributed by atoms with Crippen LogP contribution < -0.4 is 0 Å². The van der Waals surface area contributed by atoms with Crippen molar-refractivity contribution in [2.45, 2.75) is 64.4 Å². The first-order valence-corrected chi connectivity index (χ1v) is 6.28. The van der Waals surface area contributed by atoms with E-state index in [1.165, 1.54) is 32.1 Å². The van der Waals surface area contributed by atoms with Gasteiger partial charge in [-0.2, -0.15) is 0 Å². The summed E-state index contributed by atoms with van der Waals surface area (Å²) in [5, 5.41) is 0. The first-order valence-electron chi connectivity index (χ1n) is 6.28. The maximum absolute atomic E-state index is 10.7. The molecule has 1 rings (SSSR count). The Morgan fingerprint density at radius 1 is 1.33 bits per heavy atom. The fourth-order valence-corrected chi connectivity index (χ4v) is 2.73. The van der Waals surface area contributed by atoms with Gasteiger partial charge in [0.15, 0.2) is 0 Å². The predicted octanol–water partition coefficient (Wildman–Crippen LogP) is 3.34. The van der Waals surface area contributed by atoms with Crippen LogP contribution in [0.4, 0.5) is 0 Å². The molecule has 0 amide bonds. The number of carbonyl (C=O) groups excluding carboxylic acids is 1. The van der Waals surface area contributed by atoms with E-state index in [2.05, 4.69) is 6.92 Å². The Morgan fingerprint density at radius 2 is 2.00 bits per heavy atom. The third-order valence-electron chi connectivity index (χ3n) is 3.45. The second-order valence-corrected chi connectivity index (χ2v) is 4.96. The fraction of sp³-hybridized carbons (Fsp3) is 0.923. The van der Waals surface area contributed by atoms with Crippen molar-refractivity contribution in [3.63, 3.8) is 0 Å². The SMILES string of the molecule is CCOC(C)(CC=O)CC1CCCCC1. The molecule has 0 bridgehead atoms. The maximum Gasteiger partial charge on any atom is 0.122 e. The minimum atomic E-state index is -0.210. The van der Waals surface area contributed by atoms with Crippen molar-refractivity contribution in [2.24, 2.45) is 5.92 Å². The van der Waals surface area contributed by atoms with Gasteiger partial charge in [-0.1, -0.05) is 32.1 Å². The number of carbonyl (C=O) groups is 1. The quantitative estimate of drug-likeness (QED) is 0.631. The third kappa shape index (κ3) is 4.33. The van der Waals surface area contributed by atoms with Crippen molar-refractivity contribution in [3.05, 3.63) is 0 Å². The highest BCUT2D eigenvalue weighted by molar-refractivity contribution is 5.51. The molecule has 2 heteroatoms. The number of hydrogen-bond donors (Lipinski definition) is 0. The van der Waals surface area contributed by atoms with Crippen molar-refractivity contribution in [3.8, 4) is 0 Å². The van der Waals surface area contributed by atoms with Crippen LogP contribution in [0.25, 0.3) is 0 Å². The zero-order valence-electron chi connectivity index (χ0n) is 10.1. The molecule has 1 aliphatic carbocycles. The van der Waals surface area contributed by atoms with Gasteiger partial charge in [-0.05, 0) is 26.2 Å². The summed E-state index contributed by atoms with van der Waals surface area (Å²) < 4.78 is 5.74. The summed E-state index contributed by atoms with van der Waals surface area (Å²) in [6.45, 7) is 4.79. The molecular weight excluding hydrogens is 188 g/mol. The monoisotopic (exact) mass is 212 g/mol. The summed E-state index contributed by atoms with van der Waals surface area (Å²) >= 11 is 0. The van der Waals surface area contributed by atoms with Gasteiger partial charge in [0.2, 0.25) is 0 Å². The van der Waals surface area contributed by atoms with Crippen molar-refractivity contribution < 1.29 is 9.53 Å². The molecule has 0 heterocycles. The summed E-state index contributed by atoms with van der Waals surface area (Å²) in [5.41, 5.74) is -0.210. The molecule has 1 fully saturated rings. The van der Waals surface area contributed by atoms with Gasteiger partial charge in [0, 0.05) is 13.0 Å². The second kappa shape index (κ2) is 6.26. The molecule has 88 valence electrons. The van der Waals surface area contributed by atoms with E-state index in [-0.39, 0.29) is 5.60 Å². The minimum absolute atomic E-state index is 0.210. The van der Waals surface area contributed by atoms with E-state index >= 15 is 0 Å². The molecule has 0 aromatic heterocycles. The molecular formula is C13H24O2. The van der Waals surface area contributed by atoms with E-state index in [0.29, 0.717) is 13.0 Å². The van der Waals surface area contributed by atoms with Crippen LogP contribution in [0.3, 0.4) is 0 Å². The van der Waals surface area contributed by atoms with Gasteiger partial charge < -0.3 is 9.53 Å². The van der Waals surface area contributed by atoms with Crippen LogP contribution in [0.1, 0.15) is 58.8 Å². The topological polar surface area (TPSA) is 26.3 Å². The standard InChI is InChI=1S/C13H24O2/c1-3-15-13(2,9-10-14)11-12-7-5-4-6-8-12/h10,12H,3-9,11H2,1-2H3. The molecule has 2 nitrogen and oxygen atoms in total. The van der Waals surface area contributed by atoms with Crippen LogP contribution >= 0.6 is 0 Å². The van der Waals surface area contributed by atoms with Crippen LogP contribution in [0.2, 0.25) is 0 Å². The average Bonchev–Trinajstić information content (AvgIpc) is 2.19. The third-order valence-corrected chi connectivity index (χ3v) is 3.45. The molecule has 1 saturated carbocycles. The lowest BCUT2D eigenvalue weighted by Gasteiger charge is -2.33. The predicted molar refractivity (Wildman–Crippen MR) is 61.9 cm³/mol. The van der Waals surface area contributed by atoms with Crippen molar-refractivity contribution in [1.29, 1.82) is 0 Å². The zero-order valence-corrected chi connectivity index (χ0v) is 10.1. The minimum Gasteiger partial charge on any atom is -0.375 e.